The molecular formula is C20H23BrClN3O5. The summed E-state index contributed by atoms with van der Waals surface area (Å²) in [5.41, 5.74) is 0.178. The first-order chi connectivity index (χ1) is 14.2. The molecule has 10 heteroatoms. The van der Waals surface area contributed by atoms with Crippen molar-refractivity contribution in [3.05, 3.63) is 38.3 Å². The van der Waals surface area contributed by atoms with E-state index in [4.69, 9.17) is 21.1 Å². The number of ketones is 1. The highest BCUT2D eigenvalue weighted by molar-refractivity contribution is 9.10. The van der Waals surface area contributed by atoms with Crippen molar-refractivity contribution in [3.63, 3.8) is 0 Å². The summed E-state index contributed by atoms with van der Waals surface area (Å²) >= 11 is 9.40. The van der Waals surface area contributed by atoms with Crippen LogP contribution in [-0.4, -0.2) is 46.3 Å². The molecule has 1 saturated heterocycles. The van der Waals surface area contributed by atoms with Gasteiger partial charge in [0, 0.05) is 23.9 Å². The van der Waals surface area contributed by atoms with Crippen molar-refractivity contribution in [2.45, 2.75) is 58.1 Å². The number of rotatable bonds is 7. The molecule has 1 aliphatic rings. The predicted octanol–water partition coefficient (Wildman–Crippen LogP) is 2.82. The van der Waals surface area contributed by atoms with Crippen LogP contribution in [0.2, 0.25) is 5.02 Å². The van der Waals surface area contributed by atoms with Gasteiger partial charge in [-0.2, -0.15) is 0 Å². The van der Waals surface area contributed by atoms with Crippen LogP contribution in [0.5, 0.6) is 0 Å². The third kappa shape index (κ3) is 5.66. The zero-order chi connectivity index (χ0) is 21.8. The van der Waals surface area contributed by atoms with Gasteiger partial charge in [0.15, 0.2) is 12.1 Å². The molecule has 2 heterocycles. The number of hydrogen-bond acceptors (Lipinski definition) is 7. The number of nitrogens with one attached hydrogen (secondary N) is 1. The molecule has 0 aliphatic carbocycles. The molecule has 0 radical (unpaired) electrons. The highest BCUT2D eigenvalue weighted by Crippen LogP contribution is 2.25. The van der Waals surface area contributed by atoms with Crippen molar-refractivity contribution in [1.82, 2.24) is 14.9 Å². The quantitative estimate of drug-likeness (QED) is 0.461. The lowest BCUT2D eigenvalue weighted by Gasteiger charge is -2.33. The predicted molar refractivity (Wildman–Crippen MR) is 115 cm³/mol. The molecule has 1 aliphatic heterocycles. The average Bonchev–Trinajstić information content (AvgIpc) is 2.67. The molecule has 1 aromatic heterocycles. The first-order valence-electron chi connectivity index (χ1n) is 9.66. The Morgan fingerprint density at radius 3 is 2.93 bits per heavy atom. The van der Waals surface area contributed by atoms with Crippen LogP contribution in [0.3, 0.4) is 0 Å². The van der Waals surface area contributed by atoms with E-state index < -0.39 is 12.3 Å². The Balaban J connectivity index is 1.69. The summed E-state index contributed by atoms with van der Waals surface area (Å²) in [6, 6.07) is 2.99. The monoisotopic (exact) mass is 499 g/mol. The maximum Gasteiger partial charge on any atom is 0.304 e. The molecule has 0 amide bonds. The van der Waals surface area contributed by atoms with Crippen molar-refractivity contribution >= 4 is 50.2 Å². The maximum atomic E-state index is 12.7. The van der Waals surface area contributed by atoms with Crippen LogP contribution < -0.4 is 10.9 Å². The van der Waals surface area contributed by atoms with Gasteiger partial charge in [0.25, 0.3) is 5.56 Å². The van der Waals surface area contributed by atoms with E-state index in [0.29, 0.717) is 20.4 Å². The molecule has 3 atom stereocenters. The number of halogens is 2. The lowest BCUT2D eigenvalue weighted by molar-refractivity contribution is -0.188. The van der Waals surface area contributed by atoms with Crippen LogP contribution in [0.25, 0.3) is 10.9 Å². The largest absolute Gasteiger partial charge is 0.436 e. The number of aromatic nitrogens is 2. The fourth-order valence-corrected chi connectivity index (χ4v) is 4.06. The van der Waals surface area contributed by atoms with Crippen LogP contribution in [0, 0.1) is 0 Å². The van der Waals surface area contributed by atoms with Gasteiger partial charge in [-0.15, -0.1) is 0 Å². The Labute approximate surface area is 187 Å². The number of Topliss-reactive ketones (excluding diaryl/α,β-unsaturated/α-hetero) is 1. The molecule has 0 bridgehead atoms. The number of benzene rings is 1. The second kappa shape index (κ2) is 10.00. The standard InChI is InChI=1S/C20H23BrClN3O5/c1-11(26)29-12(2)30-19-4-3-5-23-18(19)6-13(27)9-25-10-24-17-8-15(21)16(22)7-14(17)20(25)28/h7-8,10,12,18-19,23H,3-6,9H2,1-2H3. The first-order valence-corrected chi connectivity index (χ1v) is 10.8. The molecule has 3 rings (SSSR count). The van der Waals surface area contributed by atoms with Crippen molar-refractivity contribution in [2.75, 3.05) is 6.54 Å². The third-order valence-electron chi connectivity index (χ3n) is 4.88. The molecule has 3 unspecified atom stereocenters. The number of carbonyl (C=O) groups is 2. The molecule has 1 fully saturated rings. The lowest BCUT2D eigenvalue weighted by Crippen LogP contribution is -2.49. The minimum absolute atomic E-state index is 0.0974. The van der Waals surface area contributed by atoms with Crippen LogP contribution >= 0.6 is 27.5 Å². The smallest absolute Gasteiger partial charge is 0.304 e. The Hall–Kier alpha value is -1.81. The van der Waals surface area contributed by atoms with E-state index in [9.17, 15) is 14.4 Å². The molecule has 1 aromatic carbocycles. The van der Waals surface area contributed by atoms with Crippen LogP contribution in [0.1, 0.15) is 33.1 Å². The highest BCUT2D eigenvalue weighted by atomic mass is 79.9. The van der Waals surface area contributed by atoms with Crippen molar-refractivity contribution < 1.29 is 19.1 Å². The number of nitrogens with zero attached hydrogens (tertiary/aromatic N) is 2. The first kappa shape index (κ1) is 22.9. The summed E-state index contributed by atoms with van der Waals surface area (Å²) in [5, 5.41) is 4.04. The molecule has 8 nitrogen and oxygen atoms in total. The van der Waals surface area contributed by atoms with Crippen LogP contribution in [0.4, 0.5) is 0 Å². The number of ether oxygens (including phenoxy) is 2. The van der Waals surface area contributed by atoms with E-state index in [-0.39, 0.29) is 36.5 Å². The Kier molecular flexibility index (Phi) is 7.62. The third-order valence-corrected chi connectivity index (χ3v) is 6.08. The van der Waals surface area contributed by atoms with Gasteiger partial charge in [-0.1, -0.05) is 11.6 Å². The van der Waals surface area contributed by atoms with E-state index >= 15 is 0 Å². The van der Waals surface area contributed by atoms with Gasteiger partial charge in [-0.05, 0) is 54.4 Å². The van der Waals surface area contributed by atoms with Gasteiger partial charge < -0.3 is 14.8 Å². The summed E-state index contributed by atoms with van der Waals surface area (Å²) in [6.07, 6.45) is 2.24. The fraction of sp³-hybridized carbons (Fsp3) is 0.500. The number of carbonyl (C=O) groups excluding carboxylic acids is 2. The number of piperidine rings is 1. The van der Waals surface area contributed by atoms with E-state index in [1.54, 1.807) is 19.1 Å². The number of fused-ring (bicyclic) bond motifs is 1. The van der Waals surface area contributed by atoms with E-state index in [1.807, 2.05) is 0 Å². The molecule has 162 valence electrons. The van der Waals surface area contributed by atoms with E-state index in [0.717, 1.165) is 19.4 Å². The number of hydrogen-bond donors (Lipinski definition) is 1. The van der Waals surface area contributed by atoms with Gasteiger partial charge in [-0.3, -0.25) is 19.0 Å². The molecule has 1 N–H and O–H groups in total. The Morgan fingerprint density at radius 1 is 1.43 bits per heavy atom. The molecule has 30 heavy (non-hydrogen) atoms. The lowest BCUT2D eigenvalue weighted by atomic mass is 9.96. The highest BCUT2D eigenvalue weighted by Gasteiger charge is 2.29. The molecular weight excluding hydrogens is 478 g/mol. The van der Waals surface area contributed by atoms with Crippen molar-refractivity contribution in [1.29, 1.82) is 0 Å². The zero-order valence-corrected chi connectivity index (χ0v) is 19.0. The summed E-state index contributed by atoms with van der Waals surface area (Å²) in [4.78, 5) is 40.8. The van der Waals surface area contributed by atoms with Gasteiger partial charge in [0.2, 0.25) is 0 Å². The zero-order valence-electron chi connectivity index (χ0n) is 16.7. The molecule has 0 saturated carbocycles. The summed E-state index contributed by atoms with van der Waals surface area (Å²) in [7, 11) is 0. The fourth-order valence-electron chi connectivity index (χ4n) is 3.56. The topological polar surface area (TPSA) is 99.5 Å². The number of esters is 1. The van der Waals surface area contributed by atoms with Gasteiger partial charge in [0.05, 0.1) is 34.9 Å². The SMILES string of the molecule is CC(=O)OC(C)OC1CCCNC1CC(=O)Cn1cnc2cc(Br)c(Cl)cc2c1=O. The van der Waals surface area contributed by atoms with Gasteiger partial charge in [-0.25, -0.2) is 4.98 Å². The van der Waals surface area contributed by atoms with E-state index in [2.05, 4.69) is 26.2 Å². The van der Waals surface area contributed by atoms with Crippen molar-refractivity contribution in [2.24, 2.45) is 0 Å². The van der Waals surface area contributed by atoms with Crippen LogP contribution in [-0.2, 0) is 25.6 Å². The Bertz CT molecular complexity index is 1010. The van der Waals surface area contributed by atoms with E-state index in [1.165, 1.54) is 17.8 Å². The normalized spacial score (nSPS) is 20.1. The molecule has 2 aromatic rings. The molecule has 0 spiro atoms. The van der Waals surface area contributed by atoms with Gasteiger partial charge in [0.1, 0.15) is 0 Å². The summed E-state index contributed by atoms with van der Waals surface area (Å²) < 4.78 is 12.8. The van der Waals surface area contributed by atoms with Crippen molar-refractivity contribution in [3.8, 4) is 0 Å². The minimum Gasteiger partial charge on any atom is -0.436 e. The van der Waals surface area contributed by atoms with Crippen LogP contribution in [0.15, 0.2) is 27.7 Å². The van der Waals surface area contributed by atoms with Gasteiger partial charge >= 0.3 is 5.97 Å². The Morgan fingerprint density at radius 2 is 2.20 bits per heavy atom. The summed E-state index contributed by atoms with van der Waals surface area (Å²) in [6.45, 7) is 3.64. The second-order valence-electron chi connectivity index (χ2n) is 7.26. The second-order valence-corrected chi connectivity index (χ2v) is 8.52. The maximum absolute atomic E-state index is 12.7. The average molecular weight is 501 g/mol. The summed E-state index contributed by atoms with van der Waals surface area (Å²) in [5.74, 6) is -0.552. The minimum atomic E-state index is -0.693.